The molecule has 0 aromatic heterocycles. The van der Waals surface area contributed by atoms with Crippen LogP contribution in [0.2, 0.25) is 5.02 Å². The van der Waals surface area contributed by atoms with Crippen molar-refractivity contribution in [2.75, 3.05) is 24.2 Å². The number of sulfonamides is 1. The largest absolute Gasteiger partial charge is 0.497 e. The van der Waals surface area contributed by atoms with Crippen molar-refractivity contribution in [2.24, 2.45) is 0 Å². The van der Waals surface area contributed by atoms with E-state index in [1.54, 1.807) is 31.2 Å². The predicted molar refractivity (Wildman–Crippen MR) is 140 cm³/mol. The van der Waals surface area contributed by atoms with Crippen molar-refractivity contribution in [1.82, 2.24) is 10.2 Å². The fourth-order valence-electron chi connectivity index (χ4n) is 3.48. The number of benzene rings is 2. The lowest BCUT2D eigenvalue weighted by Gasteiger charge is -2.32. The molecule has 2 rings (SSSR count). The van der Waals surface area contributed by atoms with E-state index in [1.165, 1.54) is 18.9 Å². The van der Waals surface area contributed by atoms with Gasteiger partial charge in [-0.1, -0.05) is 30.7 Å². The van der Waals surface area contributed by atoms with E-state index in [4.69, 9.17) is 16.3 Å². The lowest BCUT2D eigenvalue weighted by Crippen LogP contribution is -2.52. The van der Waals surface area contributed by atoms with Crippen LogP contribution in [0.25, 0.3) is 0 Å². The van der Waals surface area contributed by atoms with Crippen LogP contribution in [-0.4, -0.2) is 57.1 Å². The first-order chi connectivity index (χ1) is 17.6. The molecule has 1 N–H and O–H groups in total. The molecule has 2 aromatic rings. The zero-order valence-electron chi connectivity index (χ0n) is 21.7. The van der Waals surface area contributed by atoms with E-state index in [2.05, 4.69) is 5.32 Å². The van der Waals surface area contributed by atoms with Crippen LogP contribution in [0, 0.1) is 0 Å². The molecule has 0 saturated carbocycles. The lowest BCUT2D eigenvalue weighted by molar-refractivity contribution is -0.139. The molecular weight excluding hydrogens is 547 g/mol. The summed E-state index contributed by atoms with van der Waals surface area (Å²) in [5.41, 5.74) is -1.01. The van der Waals surface area contributed by atoms with Crippen LogP contribution in [0.1, 0.15) is 38.3 Å². The molecule has 0 bridgehead atoms. The summed E-state index contributed by atoms with van der Waals surface area (Å²) in [6.07, 6.45) is -3.43. The fourth-order valence-corrected chi connectivity index (χ4v) is 4.54. The van der Waals surface area contributed by atoms with Gasteiger partial charge in [-0.15, -0.1) is 0 Å². The van der Waals surface area contributed by atoms with E-state index in [0.717, 1.165) is 18.4 Å². The molecule has 8 nitrogen and oxygen atoms in total. The molecule has 0 heterocycles. The zero-order chi connectivity index (χ0) is 28.8. The average molecular weight is 578 g/mol. The van der Waals surface area contributed by atoms with E-state index in [-0.39, 0.29) is 12.6 Å². The highest BCUT2D eigenvalue weighted by molar-refractivity contribution is 7.92. The van der Waals surface area contributed by atoms with Crippen molar-refractivity contribution in [3.63, 3.8) is 0 Å². The van der Waals surface area contributed by atoms with Gasteiger partial charge in [0.25, 0.3) is 0 Å². The van der Waals surface area contributed by atoms with Crippen molar-refractivity contribution in [3.8, 4) is 5.75 Å². The Kier molecular flexibility index (Phi) is 10.4. The molecule has 210 valence electrons. The van der Waals surface area contributed by atoms with E-state index in [1.807, 2.05) is 6.92 Å². The topological polar surface area (TPSA) is 96.0 Å². The molecule has 2 aromatic carbocycles. The van der Waals surface area contributed by atoms with Crippen molar-refractivity contribution in [3.05, 3.63) is 58.6 Å². The Labute approximate surface area is 225 Å². The minimum Gasteiger partial charge on any atom is -0.497 e. The Morgan fingerprint density at radius 1 is 1.11 bits per heavy atom. The first kappa shape index (κ1) is 31.2. The minimum absolute atomic E-state index is 0.0655. The molecule has 0 radical (unpaired) electrons. The fraction of sp³-hybridized carbons (Fsp3) is 0.440. The van der Waals surface area contributed by atoms with Crippen LogP contribution < -0.4 is 14.4 Å². The minimum atomic E-state index is -4.84. The monoisotopic (exact) mass is 577 g/mol. The number of hydrogen-bond acceptors (Lipinski definition) is 5. The number of anilines is 1. The van der Waals surface area contributed by atoms with E-state index in [9.17, 15) is 31.2 Å². The Morgan fingerprint density at radius 2 is 1.71 bits per heavy atom. The number of alkyl halides is 3. The summed E-state index contributed by atoms with van der Waals surface area (Å²) in [5, 5.41) is 2.18. The summed E-state index contributed by atoms with van der Waals surface area (Å²) in [6, 6.07) is 8.07. The lowest BCUT2D eigenvalue weighted by atomic mass is 10.1. The molecule has 0 fully saturated rings. The number of halogens is 4. The van der Waals surface area contributed by atoms with Crippen molar-refractivity contribution in [2.45, 2.75) is 52.0 Å². The molecule has 2 atom stereocenters. The Morgan fingerprint density at radius 3 is 2.21 bits per heavy atom. The standard InChI is InChI=1S/C25H31ClF3N3O5S/c1-6-16(2)30-24(34)17(3)31(14-18-7-10-20(37-4)11-8-18)23(33)15-32(38(5,35)36)19-9-12-22(26)21(13-19)25(27,28)29/h7-13,16-17H,6,14-15H2,1-5H3,(H,30,34)/t16-,17+/m1/s1. The van der Waals surface area contributed by atoms with E-state index >= 15 is 0 Å². The SMILES string of the molecule is CC[C@@H](C)NC(=O)[C@H](C)N(Cc1ccc(OC)cc1)C(=O)CN(c1ccc(Cl)c(C(F)(F)F)c1)S(C)(=O)=O. The summed E-state index contributed by atoms with van der Waals surface area (Å²) in [5.74, 6) is -0.680. The third-order valence-electron chi connectivity index (χ3n) is 5.90. The van der Waals surface area contributed by atoms with Gasteiger partial charge in [0.15, 0.2) is 0 Å². The number of methoxy groups -OCH3 is 1. The van der Waals surface area contributed by atoms with Gasteiger partial charge >= 0.3 is 6.18 Å². The molecule has 0 aliphatic carbocycles. The summed E-state index contributed by atoms with van der Waals surface area (Å²) in [6.45, 7) is 4.26. The number of carbonyl (C=O) groups is 2. The molecular formula is C25H31ClF3N3O5S. The van der Waals surface area contributed by atoms with Crippen LogP contribution in [0.4, 0.5) is 18.9 Å². The van der Waals surface area contributed by atoms with Crippen LogP contribution in [0.15, 0.2) is 42.5 Å². The second-order valence-electron chi connectivity index (χ2n) is 8.80. The van der Waals surface area contributed by atoms with Crippen LogP contribution in [-0.2, 0) is 32.3 Å². The number of hydrogen-bond donors (Lipinski definition) is 1. The maximum Gasteiger partial charge on any atom is 0.417 e. The molecule has 0 saturated heterocycles. The van der Waals surface area contributed by atoms with Gasteiger partial charge in [-0.05, 0) is 56.2 Å². The molecule has 0 spiro atoms. The first-order valence-corrected chi connectivity index (χ1v) is 13.9. The molecule has 0 aliphatic rings. The van der Waals surface area contributed by atoms with Gasteiger partial charge < -0.3 is 15.0 Å². The van der Waals surface area contributed by atoms with E-state index in [0.29, 0.717) is 28.1 Å². The molecule has 2 amide bonds. The summed E-state index contributed by atoms with van der Waals surface area (Å²) < 4.78 is 71.2. The van der Waals surface area contributed by atoms with Gasteiger partial charge in [-0.2, -0.15) is 13.2 Å². The second-order valence-corrected chi connectivity index (χ2v) is 11.1. The number of nitrogens with one attached hydrogen (secondary N) is 1. The maximum absolute atomic E-state index is 13.5. The Hall–Kier alpha value is -2.99. The first-order valence-electron chi connectivity index (χ1n) is 11.7. The Balaban J connectivity index is 2.47. The number of carbonyl (C=O) groups excluding carboxylic acids is 2. The van der Waals surface area contributed by atoms with Crippen LogP contribution in [0.3, 0.4) is 0 Å². The van der Waals surface area contributed by atoms with E-state index < -0.39 is 56.9 Å². The van der Waals surface area contributed by atoms with Crippen LogP contribution in [0.5, 0.6) is 5.75 Å². The van der Waals surface area contributed by atoms with Crippen molar-refractivity contribution < 1.29 is 35.9 Å². The van der Waals surface area contributed by atoms with Gasteiger partial charge in [0.1, 0.15) is 18.3 Å². The predicted octanol–water partition coefficient (Wildman–Crippen LogP) is 4.47. The third kappa shape index (κ3) is 8.26. The molecule has 38 heavy (non-hydrogen) atoms. The smallest absolute Gasteiger partial charge is 0.417 e. The normalized spacial score (nSPS) is 13.4. The average Bonchev–Trinajstić information content (AvgIpc) is 2.84. The molecule has 0 unspecified atom stereocenters. The van der Waals surface area contributed by atoms with Crippen molar-refractivity contribution in [1.29, 1.82) is 0 Å². The van der Waals surface area contributed by atoms with Gasteiger partial charge in [-0.3, -0.25) is 13.9 Å². The summed E-state index contributed by atoms with van der Waals surface area (Å²) in [4.78, 5) is 27.6. The quantitative estimate of drug-likeness (QED) is 0.425. The Bertz CT molecular complexity index is 1240. The number of nitrogens with zero attached hydrogens (tertiary/aromatic N) is 2. The highest BCUT2D eigenvalue weighted by Gasteiger charge is 2.35. The van der Waals surface area contributed by atoms with Gasteiger partial charge in [0.2, 0.25) is 21.8 Å². The third-order valence-corrected chi connectivity index (χ3v) is 7.37. The number of rotatable bonds is 11. The summed E-state index contributed by atoms with van der Waals surface area (Å²) in [7, 11) is -2.72. The van der Waals surface area contributed by atoms with Crippen molar-refractivity contribution >= 4 is 39.1 Å². The molecule has 13 heteroatoms. The van der Waals surface area contributed by atoms with Gasteiger partial charge in [0, 0.05) is 12.6 Å². The number of ether oxygens (including phenoxy) is 1. The highest BCUT2D eigenvalue weighted by atomic mass is 35.5. The molecule has 0 aliphatic heterocycles. The van der Waals surface area contributed by atoms with Gasteiger partial charge in [0.05, 0.1) is 29.6 Å². The van der Waals surface area contributed by atoms with Gasteiger partial charge in [-0.25, -0.2) is 8.42 Å². The maximum atomic E-state index is 13.5. The summed E-state index contributed by atoms with van der Waals surface area (Å²) >= 11 is 5.68. The van der Waals surface area contributed by atoms with Crippen LogP contribution >= 0.6 is 11.6 Å². The number of amides is 2. The highest BCUT2D eigenvalue weighted by Crippen LogP contribution is 2.37. The zero-order valence-corrected chi connectivity index (χ0v) is 23.2. The second kappa shape index (κ2) is 12.7.